The highest BCUT2D eigenvalue weighted by molar-refractivity contribution is 5.89. The van der Waals surface area contributed by atoms with Crippen molar-refractivity contribution >= 4 is 17.6 Å². The molecule has 5 nitrogen and oxygen atoms in total. The summed E-state index contributed by atoms with van der Waals surface area (Å²) in [6.45, 7) is 3.50. The summed E-state index contributed by atoms with van der Waals surface area (Å²) in [7, 11) is 0. The van der Waals surface area contributed by atoms with Gasteiger partial charge < -0.3 is 15.5 Å². The molecule has 3 amide bonds. The molecule has 1 aliphatic rings. The Labute approximate surface area is 152 Å². The minimum atomic E-state index is -0.327. The number of nitrogens with zero attached hydrogens (tertiary/aromatic N) is 1. The summed E-state index contributed by atoms with van der Waals surface area (Å²) in [5.41, 5.74) is 3.78. The zero-order valence-corrected chi connectivity index (χ0v) is 14.7. The van der Waals surface area contributed by atoms with Gasteiger partial charge in [0.05, 0.1) is 0 Å². The molecule has 2 aromatic carbocycles. The Bertz CT molecular complexity index is 805. The summed E-state index contributed by atoms with van der Waals surface area (Å²) in [6, 6.07) is 11.4. The van der Waals surface area contributed by atoms with Crippen molar-refractivity contribution in [3.63, 3.8) is 0 Å². The molecule has 0 saturated carbocycles. The molecule has 0 saturated heterocycles. The number of hydrogen-bond donors (Lipinski definition) is 2. The van der Waals surface area contributed by atoms with Crippen molar-refractivity contribution in [2.45, 2.75) is 32.9 Å². The minimum Gasteiger partial charge on any atom is -0.338 e. The van der Waals surface area contributed by atoms with Crippen LogP contribution < -0.4 is 10.6 Å². The number of urea groups is 1. The molecule has 0 bridgehead atoms. The standard InChI is InChI=1S/C20H22FN3O2/c1-2-19(25)24-10-9-15-5-8-18(11-16(15)13-24)23-20(26)22-12-14-3-6-17(21)7-4-14/h3-8,11H,2,9-10,12-13H2,1H3,(H2,22,23,26). The largest absolute Gasteiger partial charge is 0.338 e. The molecule has 0 aromatic heterocycles. The maximum Gasteiger partial charge on any atom is 0.319 e. The average molecular weight is 355 g/mol. The fraction of sp³-hybridized carbons (Fsp3) is 0.300. The first kappa shape index (κ1) is 17.9. The molecular formula is C20H22FN3O2. The smallest absolute Gasteiger partial charge is 0.319 e. The highest BCUT2D eigenvalue weighted by atomic mass is 19.1. The summed E-state index contributed by atoms with van der Waals surface area (Å²) in [5, 5.41) is 5.55. The molecule has 0 spiro atoms. The third kappa shape index (κ3) is 4.39. The van der Waals surface area contributed by atoms with Gasteiger partial charge in [-0.25, -0.2) is 9.18 Å². The van der Waals surface area contributed by atoms with Gasteiger partial charge in [-0.05, 0) is 47.4 Å². The molecule has 6 heteroatoms. The van der Waals surface area contributed by atoms with Crippen molar-refractivity contribution in [3.8, 4) is 0 Å². The Morgan fingerprint density at radius 2 is 1.88 bits per heavy atom. The summed E-state index contributed by atoms with van der Waals surface area (Å²) in [5.74, 6) is -0.158. The van der Waals surface area contributed by atoms with Crippen molar-refractivity contribution in [3.05, 3.63) is 65.0 Å². The van der Waals surface area contributed by atoms with Crippen LogP contribution in [-0.2, 0) is 24.3 Å². The summed E-state index contributed by atoms with van der Waals surface area (Å²) in [4.78, 5) is 25.8. The fourth-order valence-corrected chi connectivity index (χ4v) is 3.03. The second-order valence-corrected chi connectivity index (χ2v) is 6.34. The number of carbonyl (C=O) groups excluding carboxylic acids is 2. The van der Waals surface area contributed by atoms with Gasteiger partial charge in [-0.2, -0.15) is 0 Å². The number of anilines is 1. The SMILES string of the molecule is CCC(=O)N1CCc2ccc(NC(=O)NCc3ccc(F)cc3)cc2C1. The van der Waals surface area contributed by atoms with Crippen LogP contribution in [0.25, 0.3) is 0 Å². The fourth-order valence-electron chi connectivity index (χ4n) is 3.03. The lowest BCUT2D eigenvalue weighted by atomic mass is 9.99. The number of benzene rings is 2. The molecule has 1 aliphatic heterocycles. The third-order valence-electron chi connectivity index (χ3n) is 4.50. The molecule has 1 heterocycles. The van der Waals surface area contributed by atoms with Crippen molar-refractivity contribution in [1.29, 1.82) is 0 Å². The van der Waals surface area contributed by atoms with E-state index in [0.717, 1.165) is 24.1 Å². The van der Waals surface area contributed by atoms with E-state index in [-0.39, 0.29) is 17.8 Å². The number of fused-ring (bicyclic) bond motifs is 1. The Morgan fingerprint density at radius 1 is 1.12 bits per heavy atom. The third-order valence-corrected chi connectivity index (χ3v) is 4.50. The maximum absolute atomic E-state index is 12.9. The molecule has 3 rings (SSSR count). The van der Waals surface area contributed by atoms with Crippen molar-refractivity contribution in [1.82, 2.24) is 10.2 Å². The molecule has 0 unspecified atom stereocenters. The molecule has 26 heavy (non-hydrogen) atoms. The van der Waals surface area contributed by atoms with E-state index in [4.69, 9.17) is 0 Å². The van der Waals surface area contributed by atoms with Crippen LogP contribution in [0.15, 0.2) is 42.5 Å². The van der Waals surface area contributed by atoms with Crippen LogP contribution in [0, 0.1) is 5.82 Å². The zero-order chi connectivity index (χ0) is 18.5. The quantitative estimate of drug-likeness (QED) is 0.882. The van der Waals surface area contributed by atoms with Gasteiger partial charge in [-0.1, -0.05) is 25.1 Å². The average Bonchev–Trinajstić information content (AvgIpc) is 2.66. The zero-order valence-electron chi connectivity index (χ0n) is 14.7. The Kier molecular flexibility index (Phi) is 5.51. The number of rotatable bonds is 4. The van der Waals surface area contributed by atoms with Crippen LogP contribution in [-0.4, -0.2) is 23.4 Å². The van der Waals surface area contributed by atoms with Gasteiger partial charge >= 0.3 is 6.03 Å². The molecular weight excluding hydrogens is 333 g/mol. The molecule has 2 aromatic rings. The number of hydrogen-bond acceptors (Lipinski definition) is 2. The Balaban J connectivity index is 1.59. The van der Waals surface area contributed by atoms with Crippen LogP contribution in [0.2, 0.25) is 0 Å². The second kappa shape index (κ2) is 7.99. The minimum absolute atomic E-state index is 0.144. The van der Waals surface area contributed by atoms with Gasteiger partial charge in [0.25, 0.3) is 0 Å². The lowest BCUT2D eigenvalue weighted by Gasteiger charge is -2.29. The Hall–Kier alpha value is -2.89. The number of halogens is 1. The van der Waals surface area contributed by atoms with Crippen molar-refractivity contribution in [2.24, 2.45) is 0 Å². The van der Waals surface area contributed by atoms with Gasteiger partial charge in [0.1, 0.15) is 5.82 Å². The summed E-state index contributed by atoms with van der Waals surface area (Å²) in [6.07, 6.45) is 1.33. The lowest BCUT2D eigenvalue weighted by molar-refractivity contribution is -0.131. The second-order valence-electron chi connectivity index (χ2n) is 6.34. The van der Waals surface area contributed by atoms with E-state index in [1.807, 2.05) is 30.0 Å². The van der Waals surface area contributed by atoms with Crippen molar-refractivity contribution < 1.29 is 14.0 Å². The summed E-state index contributed by atoms with van der Waals surface area (Å²) < 4.78 is 12.9. The van der Waals surface area contributed by atoms with E-state index >= 15 is 0 Å². The van der Waals surface area contributed by atoms with Crippen molar-refractivity contribution in [2.75, 3.05) is 11.9 Å². The van der Waals surface area contributed by atoms with Crippen LogP contribution in [0.1, 0.15) is 30.0 Å². The van der Waals surface area contributed by atoms with Gasteiger partial charge in [0.2, 0.25) is 5.91 Å². The van der Waals surface area contributed by atoms with Crippen LogP contribution >= 0.6 is 0 Å². The topological polar surface area (TPSA) is 61.4 Å². The number of nitrogens with one attached hydrogen (secondary N) is 2. The Morgan fingerprint density at radius 3 is 2.62 bits per heavy atom. The van der Waals surface area contributed by atoms with Crippen LogP contribution in [0.4, 0.5) is 14.9 Å². The monoisotopic (exact) mass is 355 g/mol. The number of carbonyl (C=O) groups is 2. The first-order valence-electron chi connectivity index (χ1n) is 8.74. The van der Waals surface area contributed by atoms with E-state index in [9.17, 15) is 14.0 Å². The summed E-state index contributed by atoms with van der Waals surface area (Å²) >= 11 is 0. The first-order chi connectivity index (χ1) is 12.5. The number of amides is 3. The molecule has 0 aliphatic carbocycles. The molecule has 0 atom stereocenters. The van der Waals surface area contributed by atoms with Gasteiger partial charge in [-0.3, -0.25) is 4.79 Å². The predicted octanol–water partition coefficient (Wildman–Crippen LogP) is 3.44. The highest BCUT2D eigenvalue weighted by Gasteiger charge is 2.19. The van der Waals surface area contributed by atoms with E-state index in [0.29, 0.717) is 25.2 Å². The van der Waals surface area contributed by atoms with Gasteiger partial charge in [0.15, 0.2) is 0 Å². The van der Waals surface area contributed by atoms with E-state index < -0.39 is 0 Å². The van der Waals surface area contributed by atoms with Gasteiger partial charge in [-0.15, -0.1) is 0 Å². The molecule has 2 N–H and O–H groups in total. The van der Waals surface area contributed by atoms with E-state index in [2.05, 4.69) is 10.6 Å². The lowest BCUT2D eigenvalue weighted by Crippen LogP contribution is -2.35. The highest BCUT2D eigenvalue weighted by Crippen LogP contribution is 2.23. The predicted molar refractivity (Wildman–Crippen MR) is 98.1 cm³/mol. The van der Waals surface area contributed by atoms with Crippen LogP contribution in [0.3, 0.4) is 0 Å². The van der Waals surface area contributed by atoms with Gasteiger partial charge in [0, 0.05) is 31.7 Å². The molecule has 0 radical (unpaired) electrons. The maximum atomic E-state index is 12.9. The van der Waals surface area contributed by atoms with E-state index in [1.165, 1.54) is 17.7 Å². The first-order valence-corrected chi connectivity index (χ1v) is 8.74. The van der Waals surface area contributed by atoms with Crippen LogP contribution in [0.5, 0.6) is 0 Å². The molecule has 136 valence electrons. The van der Waals surface area contributed by atoms with E-state index in [1.54, 1.807) is 12.1 Å². The molecule has 0 fully saturated rings. The normalized spacial score (nSPS) is 13.1.